The maximum absolute atomic E-state index is 3.42. The summed E-state index contributed by atoms with van der Waals surface area (Å²) in [6.07, 6.45) is 2.44. The zero-order valence-corrected chi connectivity index (χ0v) is 12.7. The molecule has 5 heteroatoms. The molecule has 4 N–H and O–H groups in total. The Hall–Kier alpha value is 0.463. The number of hydrogen-bond acceptors (Lipinski definition) is 4. The summed E-state index contributed by atoms with van der Waals surface area (Å²) in [6.45, 7) is 8.87. The van der Waals surface area contributed by atoms with Gasteiger partial charge in [0, 0.05) is 26.2 Å². The fourth-order valence-corrected chi connectivity index (χ4v) is 1.53. The van der Waals surface area contributed by atoms with E-state index in [1.165, 1.54) is 12.8 Å². The molecule has 84 valence electrons. The van der Waals surface area contributed by atoms with Crippen LogP contribution in [-0.2, 0) is 19.5 Å². The summed E-state index contributed by atoms with van der Waals surface area (Å²) in [5, 5.41) is 13.7. The van der Waals surface area contributed by atoms with Crippen molar-refractivity contribution in [1.29, 1.82) is 0 Å². The molecule has 0 radical (unpaired) electrons. The van der Waals surface area contributed by atoms with Gasteiger partial charge in [-0.25, -0.2) is 0 Å². The maximum Gasteiger partial charge on any atom is 2.00 e. The summed E-state index contributed by atoms with van der Waals surface area (Å²) in [7, 11) is 0. The molecule has 1 saturated heterocycles. The van der Waals surface area contributed by atoms with E-state index < -0.39 is 0 Å². The minimum atomic E-state index is 0. The van der Waals surface area contributed by atoms with E-state index >= 15 is 0 Å². The molecule has 1 rings (SSSR count). The molecular formula is C10H24N4Zn+2. The van der Waals surface area contributed by atoms with Crippen molar-refractivity contribution in [3.8, 4) is 0 Å². The molecule has 0 unspecified atom stereocenters. The summed E-state index contributed by atoms with van der Waals surface area (Å²) in [5.41, 5.74) is 0. The quantitative estimate of drug-likeness (QED) is 0.431. The van der Waals surface area contributed by atoms with Crippen molar-refractivity contribution in [1.82, 2.24) is 21.3 Å². The van der Waals surface area contributed by atoms with Crippen LogP contribution in [0.25, 0.3) is 0 Å². The molecule has 0 saturated carbocycles. The fourth-order valence-electron chi connectivity index (χ4n) is 1.53. The molecule has 0 aliphatic carbocycles. The van der Waals surface area contributed by atoms with Crippen molar-refractivity contribution >= 4 is 0 Å². The van der Waals surface area contributed by atoms with Crippen molar-refractivity contribution in [2.45, 2.75) is 12.8 Å². The third-order valence-corrected chi connectivity index (χ3v) is 2.37. The van der Waals surface area contributed by atoms with Gasteiger partial charge in [0.15, 0.2) is 0 Å². The van der Waals surface area contributed by atoms with Gasteiger partial charge in [0.1, 0.15) is 0 Å². The van der Waals surface area contributed by atoms with Crippen LogP contribution in [0.3, 0.4) is 0 Å². The Balaban J connectivity index is 0.00000196. The summed E-state index contributed by atoms with van der Waals surface area (Å²) >= 11 is 0. The van der Waals surface area contributed by atoms with Gasteiger partial charge in [-0.2, -0.15) is 0 Å². The SMILES string of the molecule is C1CNCCNCCCNCCNC1.[Zn+2]. The Labute approximate surface area is 106 Å². The van der Waals surface area contributed by atoms with E-state index in [1.807, 2.05) is 0 Å². The summed E-state index contributed by atoms with van der Waals surface area (Å²) in [4.78, 5) is 0. The molecular weight excluding hydrogens is 242 g/mol. The van der Waals surface area contributed by atoms with Gasteiger partial charge in [0.25, 0.3) is 0 Å². The van der Waals surface area contributed by atoms with Gasteiger partial charge in [-0.1, -0.05) is 0 Å². The van der Waals surface area contributed by atoms with Gasteiger partial charge < -0.3 is 21.3 Å². The molecule has 1 aliphatic rings. The van der Waals surface area contributed by atoms with Gasteiger partial charge in [0.05, 0.1) is 0 Å². The van der Waals surface area contributed by atoms with E-state index in [9.17, 15) is 0 Å². The third-order valence-electron chi connectivity index (χ3n) is 2.37. The minimum Gasteiger partial charge on any atom is -0.315 e. The van der Waals surface area contributed by atoms with Crippen LogP contribution < -0.4 is 21.3 Å². The van der Waals surface area contributed by atoms with E-state index in [2.05, 4.69) is 21.3 Å². The van der Waals surface area contributed by atoms with Crippen LogP contribution in [0.5, 0.6) is 0 Å². The first kappa shape index (κ1) is 15.5. The fraction of sp³-hybridized carbons (Fsp3) is 1.00. The molecule has 0 bridgehead atoms. The molecule has 1 heterocycles. The Bertz CT molecular complexity index is 70.7. The number of nitrogens with one attached hydrogen (secondary N) is 4. The standard InChI is InChI=1S/C10H24N4.Zn/c1-3-11-7-9-13-5-2-6-14-10-8-12-4-1;/h11-14H,1-10H2;/q;+2. The van der Waals surface area contributed by atoms with Crippen LogP contribution in [0, 0.1) is 0 Å². The monoisotopic (exact) mass is 264 g/mol. The molecule has 0 aromatic rings. The van der Waals surface area contributed by atoms with E-state index in [0.29, 0.717) is 0 Å². The predicted octanol–water partition coefficient (Wildman–Crippen LogP) is -0.864. The second kappa shape index (κ2) is 12.5. The second-order valence-corrected chi connectivity index (χ2v) is 3.71. The van der Waals surface area contributed by atoms with Crippen molar-refractivity contribution in [2.24, 2.45) is 0 Å². The smallest absolute Gasteiger partial charge is 0.315 e. The third kappa shape index (κ3) is 10.7. The van der Waals surface area contributed by atoms with Crippen LogP contribution in [0.2, 0.25) is 0 Å². The van der Waals surface area contributed by atoms with E-state index in [-0.39, 0.29) is 19.5 Å². The van der Waals surface area contributed by atoms with Gasteiger partial charge in [-0.3, -0.25) is 0 Å². The first-order chi connectivity index (χ1) is 7.00. The van der Waals surface area contributed by atoms with Gasteiger partial charge >= 0.3 is 19.5 Å². The summed E-state index contributed by atoms with van der Waals surface area (Å²) < 4.78 is 0. The van der Waals surface area contributed by atoms with Crippen LogP contribution in [0.1, 0.15) is 12.8 Å². The van der Waals surface area contributed by atoms with E-state index in [0.717, 1.165) is 52.4 Å². The average molecular weight is 266 g/mol. The molecule has 15 heavy (non-hydrogen) atoms. The Morgan fingerprint density at radius 3 is 0.933 bits per heavy atom. The zero-order chi connectivity index (χ0) is 9.90. The van der Waals surface area contributed by atoms with Gasteiger partial charge in [-0.15, -0.1) is 0 Å². The van der Waals surface area contributed by atoms with Crippen LogP contribution in [0.4, 0.5) is 0 Å². The Morgan fingerprint density at radius 1 is 0.400 bits per heavy atom. The zero-order valence-electron chi connectivity index (χ0n) is 9.78. The van der Waals surface area contributed by atoms with Crippen molar-refractivity contribution in [2.75, 3.05) is 52.4 Å². The van der Waals surface area contributed by atoms with Crippen molar-refractivity contribution in [3.63, 3.8) is 0 Å². The second-order valence-electron chi connectivity index (χ2n) is 3.71. The van der Waals surface area contributed by atoms with Crippen molar-refractivity contribution < 1.29 is 19.5 Å². The van der Waals surface area contributed by atoms with E-state index in [1.54, 1.807) is 0 Å². The molecule has 1 fully saturated rings. The van der Waals surface area contributed by atoms with Crippen LogP contribution in [-0.4, -0.2) is 52.4 Å². The van der Waals surface area contributed by atoms with Crippen molar-refractivity contribution in [3.05, 3.63) is 0 Å². The molecule has 1 aliphatic heterocycles. The molecule has 4 nitrogen and oxygen atoms in total. The van der Waals surface area contributed by atoms with Gasteiger partial charge in [-0.05, 0) is 39.0 Å². The minimum absolute atomic E-state index is 0. The summed E-state index contributed by atoms with van der Waals surface area (Å²) in [6, 6.07) is 0. The molecule has 0 atom stereocenters. The number of hydrogen-bond donors (Lipinski definition) is 4. The van der Waals surface area contributed by atoms with E-state index in [4.69, 9.17) is 0 Å². The van der Waals surface area contributed by atoms with Crippen LogP contribution in [0.15, 0.2) is 0 Å². The predicted molar refractivity (Wildman–Crippen MR) is 60.7 cm³/mol. The average Bonchev–Trinajstić information content (AvgIpc) is 2.22. The topological polar surface area (TPSA) is 48.1 Å². The Morgan fingerprint density at radius 2 is 0.667 bits per heavy atom. The number of rotatable bonds is 0. The molecule has 0 aromatic heterocycles. The Kier molecular flexibility index (Phi) is 12.9. The molecule has 0 spiro atoms. The largest absolute Gasteiger partial charge is 2.00 e. The molecule has 0 aromatic carbocycles. The van der Waals surface area contributed by atoms with Crippen LogP contribution >= 0.6 is 0 Å². The van der Waals surface area contributed by atoms with Gasteiger partial charge in [0.2, 0.25) is 0 Å². The first-order valence-corrected chi connectivity index (χ1v) is 5.83. The molecule has 0 amide bonds. The summed E-state index contributed by atoms with van der Waals surface area (Å²) in [5.74, 6) is 0. The first-order valence-electron chi connectivity index (χ1n) is 5.83. The maximum atomic E-state index is 3.42. The normalized spacial score (nSPS) is 22.4.